The van der Waals surface area contributed by atoms with E-state index in [1.54, 1.807) is 23.5 Å². The monoisotopic (exact) mass is 522 g/mol. The van der Waals surface area contributed by atoms with Crippen LogP contribution in [0.4, 0.5) is 5.69 Å². The molecular formula is C30H30N6OS. The van der Waals surface area contributed by atoms with Gasteiger partial charge < -0.3 is 0 Å². The first-order valence-corrected chi connectivity index (χ1v) is 13.0. The number of rotatable bonds is 6. The Morgan fingerprint density at radius 2 is 1.39 bits per heavy atom. The van der Waals surface area contributed by atoms with E-state index >= 15 is 0 Å². The molecule has 1 heterocycles. The number of nitrogens with zero attached hydrogens (tertiary/aromatic N) is 4. The summed E-state index contributed by atoms with van der Waals surface area (Å²) < 4.78 is 1.98. The first kappa shape index (κ1) is 28.0. The molecule has 0 aliphatic heterocycles. The summed E-state index contributed by atoms with van der Waals surface area (Å²) in [5, 5.41) is 9.25. The summed E-state index contributed by atoms with van der Waals surface area (Å²) in [6.45, 7) is 2.15. The van der Waals surface area contributed by atoms with Crippen LogP contribution in [0.15, 0.2) is 133 Å². The zero-order valence-electron chi connectivity index (χ0n) is 21.1. The fourth-order valence-electron chi connectivity index (χ4n) is 3.31. The second-order valence-electron chi connectivity index (χ2n) is 7.56. The second kappa shape index (κ2) is 16.3. The highest BCUT2D eigenvalue weighted by atomic mass is 32.2. The molecule has 192 valence electrons. The van der Waals surface area contributed by atoms with Crippen LogP contribution in [0.3, 0.4) is 0 Å². The number of nitrogens with one attached hydrogen (secondary N) is 1. The number of hydrogen-bond acceptors (Lipinski definition) is 6. The summed E-state index contributed by atoms with van der Waals surface area (Å²) >= 11 is 1.77. The predicted molar refractivity (Wildman–Crippen MR) is 157 cm³/mol. The normalized spacial score (nSPS) is 10.3. The van der Waals surface area contributed by atoms with Gasteiger partial charge in [0, 0.05) is 16.8 Å². The molecule has 0 aliphatic carbocycles. The molecule has 8 heteroatoms. The Balaban J connectivity index is 0.000000185. The molecule has 0 spiro atoms. The Labute approximate surface area is 227 Å². The summed E-state index contributed by atoms with van der Waals surface area (Å²) in [5.74, 6) is 6.30. The topological polar surface area (TPSA) is 98.2 Å². The molecule has 3 N–H and O–H groups in total. The minimum absolute atomic E-state index is 0.403. The van der Waals surface area contributed by atoms with Crippen LogP contribution in [-0.4, -0.2) is 32.0 Å². The van der Waals surface area contributed by atoms with Crippen LogP contribution in [0, 0.1) is 0 Å². The number of hydrogen-bond donors (Lipinski definition) is 2. The van der Waals surface area contributed by atoms with Crippen molar-refractivity contribution in [3.63, 3.8) is 0 Å². The third-order valence-electron chi connectivity index (χ3n) is 4.97. The summed E-state index contributed by atoms with van der Waals surface area (Å²) in [6.07, 6.45) is 2.14. The number of carbonyl (C=O) groups is 1. The molecule has 0 fully saturated rings. The van der Waals surface area contributed by atoms with E-state index in [1.165, 1.54) is 5.56 Å². The fourth-order valence-corrected chi connectivity index (χ4v) is 4.06. The second-order valence-corrected chi connectivity index (χ2v) is 8.81. The van der Waals surface area contributed by atoms with Crippen LogP contribution in [0.5, 0.6) is 0 Å². The van der Waals surface area contributed by atoms with Crippen molar-refractivity contribution < 1.29 is 4.79 Å². The van der Waals surface area contributed by atoms with Crippen molar-refractivity contribution in [2.24, 2.45) is 10.8 Å². The minimum Gasteiger partial charge on any atom is -0.297 e. The van der Waals surface area contributed by atoms with Crippen molar-refractivity contribution in [3.8, 4) is 17.1 Å². The van der Waals surface area contributed by atoms with Gasteiger partial charge in [-0.2, -0.15) is 0 Å². The van der Waals surface area contributed by atoms with Gasteiger partial charge in [-0.05, 0) is 30.0 Å². The lowest BCUT2D eigenvalue weighted by Gasteiger charge is -2.05. The fraction of sp³-hybridized carbons (Fsp3) is 0.0667. The highest BCUT2D eigenvalue weighted by Gasteiger charge is 2.07. The number of thioether (sulfide) groups is 1. The lowest BCUT2D eigenvalue weighted by Crippen LogP contribution is -2.18. The molecule has 5 rings (SSSR count). The first-order chi connectivity index (χ1) is 18.8. The van der Waals surface area contributed by atoms with Gasteiger partial charge in [0.25, 0.3) is 0 Å². The highest BCUT2D eigenvalue weighted by molar-refractivity contribution is 8.14. The van der Waals surface area contributed by atoms with Gasteiger partial charge in [0.05, 0.1) is 5.69 Å². The standard InChI is InChI=1S/C15H15NS.C14H11N3.CH4N2O/c1-2-17-15(13-9-5-3-6-10-13)16-14-11-7-4-8-12-14;1-3-7-12(8-4-1)14-16-15-11-17(14)13-9-5-2-6-10-13;2-3-1-4/h3-12H,2H2,1H3;1-11H;1H,2H2,(H,3,4). The molecule has 0 bridgehead atoms. The van der Waals surface area contributed by atoms with Crippen molar-refractivity contribution in [1.29, 1.82) is 0 Å². The van der Waals surface area contributed by atoms with Gasteiger partial charge in [0.15, 0.2) is 5.82 Å². The van der Waals surface area contributed by atoms with E-state index in [1.807, 2.05) is 114 Å². The zero-order valence-corrected chi connectivity index (χ0v) is 21.9. The Morgan fingerprint density at radius 1 is 0.868 bits per heavy atom. The van der Waals surface area contributed by atoms with Gasteiger partial charge in [-0.25, -0.2) is 10.8 Å². The number of aliphatic imine (C=N–C) groups is 1. The number of nitrogens with two attached hydrogens (primary N) is 1. The van der Waals surface area contributed by atoms with Crippen molar-refractivity contribution >= 4 is 28.9 Å². The molecule has 0 radical (unpaired) electrons. The van der Waals surface area contributed by atoms with Crippen LogP contribution in [-0.2, 0) is 4.79 Å². The Bertz CT molecular complexity index is 1310. The number of aromatic nitrogens is 3. The molecule has 0 unspecified atom stereocenters. The Morgan fingerprint density at radius 3 is 1.95 bits per heavy atom. The van der Waals surface area contributed by atoms with E-state index < -0.39 is 0 Å². The van der Waals surface area contributed by atoms with Gasteiger partial charge in [-0.3, -0.25) is 14.8 Å². The van der Waals surface area contributed by atoms with Crippen LogP contribution in [0.1, 0.15) is 12.5 Å². The molecule has 7 nitrogen and oxygen atoms in total. The van der Waals surface area contributed by atoms with Crippen molar-refractivity contribution in [1.82, 2.24) is 20.2 Å². The number of para-hydroxylation sites is 2. The maximum atomic E-state index is 8.94. The molecule has 0 saturated heterocycles. The highest BCUT2D eigenvalue weighted by Crippen LogP contribution is 2.20. The summed E-state index contributed by atoms with van der Waals surface area (Å²) in [4.78, 5) is 13.6. The van der Waals surface area contributed by atoms with Crippen LogP contribution in [0.25, 0.3) is 17.1 Å². The van der Waals surface area contributed by atoms with Crippen LogP contribution in [0.2, 0.25) is 0 Å². The van der Waals surface area contributed by atoms with Crippen molar-refractivity contribution in [3.05, 3.63) is 133 Å². The molecule has 0 aliphatic rings. The van der Waals surface area contributed by atoms with Gasteiger partial charge in [-0.15, -0.1) is 22.0 Å². The molecule has 0 saturated carbocycles. The third kappa shape index (κ3) is 8.85. The van der Waals surface area contributed by atoms with E-state index in [-0.39, 0.29) is 0 Å². The van der Waals surface area contributed by atoms with E-state index in [9.17, 15) is 0 Å². The maximum Gasteiger partial charge on any atom is 0.221 e. The van der Waals surface area contributed by atoms with Crippen LogP contribution < -0.4 is 11.3 Å². The summed E-state index contributed by atoms with van der Waals surface area (Å²) in [6, 6.07) is 40.5. The van der Waals surface area contributed by atoms with E-state index in [0.717, 1.165) is 33.6 Å². The average Bonchev–Trinajstić information content (AvgIpc) is 3.50. The summed E-state index contributed by atoms with van der Waals surface area (Å²) in [7, 11) is 0. The predicted octanol–water partition coefficient (Wildman–Crippen LogP) is 6.06. The molecule has 1 aromatic heterocycles. The van der Waals surface area contributed by atoms with Crippen molar-refractivity contribution in [2.75, 3.05) is 5.75 Å². The van der Waals surface area contributed by atoms with E-state index in [4.69, 9.17) is 9.79 Å². The largest absolute Gasteiger partial charge is 0.297 e. The third-order valence-corrected chi connectivity index (χ3v) is 5.86. The molecule has 5 aromatic rings. The van der Waals surface area contributed by atoms with Gasteiger partial charge in [-0.1, -0.05) is 104 Å². The molecule has 1 amide bonds. The number of benzene rings is 4. The molecule has 0 atom stereocenters. The number of carbonyl (C=O) groups excluding carboxylic acids is 1. The lowest BCUT2D eigenvalue weighted by molar-refractivity contribution is -0.109. The lowest BCUT2D eigenvalue weighted by atomic mass is 10.2. The Hall–Kier alpha value is -4.53. The van der Waals surface area contributed by atoms with Crippen LogP contribution >= 0.6 is 11.8 Å². The molecule has 4 aromatic carbocycles. The van der Waals surface area contributed by atoms with Gasteiger partial charge >= 0.3 is 0 Å². The van der Waals surface area contributed by atoms with Crippen molar-refractivity contribution in [2.45, 2.75) is 6.92 Å². The molecular weight excluding hydrogens is 492 g/mol. The number of hydrazine groups is 1. The smallest absolute Gasteiger partial charge is 0.221 e. The van der Waals surface area contributed by atoms with Gasteiger partial charge in [0.1, 0.15) is 11.4 Å². The zero-order chi connectivity index (χ0) is 26.8. The average molecular weight is 523 g/mol. The van der Waals surface area contributed by atoms with E-state index in [0.29, 0.717) is 6.41 Å². The maximum absolute atomic E-state index is 8.94. The SMILES string of the molecule is CCSC(=Nc1ccccc1)c1ccccc1.NNC=O.c1ccc(-c2nncn2-c2ccccc2)cc1. The first-order valence-electron chi connectivity index (χ1n) is 12.0. The quantitative estimate of drug-likeness (QED) is 0.0706. The minimum atomic E-state index is 0.403. The number of amides is 1. The Kier molecular flexibility index (Phi) is 12.0. The molecule has 38 heavy (non-hydrogen) atoms. The van der Waals surface area contributed by atoms with Gasteiger partial charge in [0.2, 0.25) is 6.41 Å². The summed E-state index contributed by atoms with van der Waals surface area (Å²) in [5.41, 5.74) is 6.07. The van der Waals surface area contributed by atoms with E-state index in [2.05, 4.69) is 35.1 Å².